The van der Waals surface area contributed by atoms with E-state index in [0.29, 0.717) is 11.0 Å². The van der Waals surface area contributed by atoms with Crippen LogP contribution in [0.4, 0.5) is 13.2 Å². The van der Waals surface area contributed by atoms with Crippen LogP contribution in [0.1, 0.15) is 24.1 Å². The SMILES string of the molecule is COC1(C(F)(F)F)CC(Cn2cnc3[nH]c(C)c(C)c3c2=O)C1. The van der Waals surface area contributed by atoms with Crippen molar-refractivity contribution in [3.05, 3.63) is 27.9 Å². The first-order valence-corrected chi connectivity index (χ1v) is 7.35. The fourth-order valence-electron chi connectivity index (χ4n) is 3.30. The molecule has 5 nitrogen and oxygen atoms in total. The molecule has 0 atom stereocenters. The second kappa shape index (κ2) is 5.09. The standard InChI is InChI=1S/C15H18F3N3O2/c1-8-9(2)20-12-11(8)13(22)21(7-19-12)6-10-4-14(5-10,23-3)15(16,17)18/h7,10,20H,4-6H2,1-3H3. The molecule has 1 fully saturated rings. The van der Waals surface area contributed by atoms with Crippen molar-refractivity contribution in [1.29, 1.82) is 0 Å². The van der Waals surface area contributed by atoms with Gasteiger partial charge >= 0.3 is 6.18 Å². The molecule has 126 valence electrons. The zero-order valence-corrected chi connectivity index (χ0v) is 13.1. The van der Waals surface area contributed by atoms with Crippen LogP contribution >= 0.6 is 0 Å². The summed E-state index contributed by atoms with van der Waals surface area (Å²) in [4.78, 5) is 19.7. The molecule has 23 heavy (non-hydrogen) atoms. The Morgan fingerprint density at radius 2 is 2.09 bits per heavy atom. The summed E-state index contributed by atoms with van der Waals surface area (Å²) < 4.78 is 45.1. The zero-order valence-electron chi connectivity index (χ0n) is 13.1. The van der Waals surface area contributed by atoms with Gasteiger partial charge in [0.1, 0.15) is 5.65 Å². The van der Waals surface area contributed by atoms with Crippen LogP contribution in [0.5, 0.6) is 0 Å². The molecule has 1 saturated carbocycles. The molecule has 0 aromatic carbocycles. The van der Waals surface area contributed by atoms with Crippen LogP contribution in [0.25, 0.3) is 11.0 Å². The molecule has 0 radical (unpaired) electrons. The highest BCUT2D eigenvalue weighted by Gasteiger charge is 2.62. The monoisotopic (exact) mass is 329 g/mol. The Balaban J connectivity index is 1.83. The molecule has 0 amide bonds. The number of aromatic amines is 1. The van der Waals surface area contributed by atoms with Crippen molar-refractivity contribution in [2.75, 3.05) is 7.11 Å². The molecule has 2 aromatic rings. The number of hydrogen-bond acceptors (Lipinski definition) is 3. The van der Waals surface area contributed by atoms with Gasteiger partial charge in [0, 0.05) is 19.3 Å². The van der Waals surface area contributed by atoms with Crippen LogP contribution in [-0.2, 0) is 11.3 Å². The highest BCUT2D eigenvalue weighted by molar-refractivity contribution is 5.79. The van der Waals surface area contributed by atoms with Gasteiger partial charge in [0.05, 0.1) is 11.7 Å². The van der Waals surface area contributed by atoms with E-state index in [-0.39, 0.29) is 30.9 Å². The first-order valence-electron chi connectivity index (χ1n) is 7.35. The minimum absolute atomic E-state index is 0.136. The number of alkyl halides is 3. The summed E-state index contributed by atoms with van der Waals surface area (Å²) in [7, 11) is 1.08. The second-order valence-electron chi connectivity index (χ2n) is 6.27. The maximum atomic E-state index is 13.0. The van der Waals surface area contributed by atoms with Gasteiger partial charge in [-0.1, -0.05) is 0 Å². The molecule has 1 aliphatic rings. The summed E-state index contributed by atoms with van der Waals surface area (Å²) >= 11 is 0. The normalized spacial score (nSPS) is 24.9. The predicted molar refractivity (Wildman–Crippen MR) is 78.3 cm³/mol. The van der Waals surface area contributed by atoms with Crippen LogP contribution in [0.3, 0.4) is 0 Å². The molecule has 2 heterocycles. The van der Waals surface area contributed by atoms with Crippen LogP contribution in [0.2, 0.25) is 0 Å². The average molecular weight is 329 g/mol. The molecular weight excluding hydrogens is 311 g/mol. The lowest BCUT2D eigenvalue weighted by molar-refractivity contribution is -0.309. The summed E-state index contributed by atoms with van der Waals surface area (Å²) in [6, 6.07) is 0. The Morgan fingerprint density at radius 3 is 2.65 bits per heavy atom. The molecular formula is C15H18F3N3O2. The van der Waals surface area contributed by atoms with E-state index in [1.54, 1.807) is 0 Å². The van der Waals surface area contributed by atoms with Gasteiger partial charge in [-0.15, -0.1) is 0 Å². The molecule has 1 aliphatic carbocycles. The number of rotatable bonds is 3. The summed E-state index contributed by atoms with van der Waals surface area (Å²) in [5.41, 5.74) is -0.0991. The number of halogens is 3. The van der Waals surface area contributed by atoms with E-state index in [2.05, 4.69) is 9.97 Å². The third-order valence-electron chi connectivity index (χ3n) is 4.88. The van der Waals surface area contributed by atoms with Crippen molar-refractivity contribution in [2.45, 2.75) is 45.0 Å². The van der Waals surface area contributed by atoms with Crippen molar-refractivity contribution >= 4 is 11.0 Å². The van der Waals surface area contributed by atoms with Gasteiger partial charge in [-0.3, -0.25) is 9.36 Å². The zero-order chi connectivity index (χ0) is 17.0. The number of aromatic nitrogens is 3. The number of nitrogens with one attached hydrogen (secondary N) is 1. The first kappa shape index (κ1) is 16.0. The smallest absolute Gasteiger partial charge is 0.369 e. The Hall–Kier alpha value is -1.83. The van der Waals surface area contributed by atoms with Crippen molar-refractivity contribution in [3.63, 3.8) is 0 Å². The Kier molecular flexibility index (Phi) is 3.55. The molecule has 2 aromatic heterocycles. The number of ether oxygens (including phenoxy) is 1. The summed E-state index contributed by atoms with van der Waals surface area (Å²) in [5, 5.41) is 0.498. The fraction of sp³-hybridized carbons (Fsp3) is 0.600. The predicted octanol–water partition coefficient (Wildman–Crippen LogP) is 2.70. The van der Waals surface area contributed by atoms with Gasteiger partial charge in [-0.25, -0.2) is 4.98 Å². The maximum absolute atomic E-state index is 13.0. The van der Waals surface area contributed by atoms with Crippen molar-refractivity contribution in [1.82, 2.24) is 14.5 Å². The molecule has 0 aliphatic heterocycles. The van der Waals surface area contributed by atoms with E-state index in [0.717, 1.165) is 18.4 Å². The second-order valence-corrected chi connectivity index (χ2v) is 6.27. The van der Waals surface area contributed by atoms with E-state index in [4.69, 9.17) is 4.74 Å². The van der Waals surface area contributed by atoms with Crippen LogP contribution < -0.4 is 5.56 Å². The van der Waals surface area contributed by atoms with Crippen molar-refractivity contribution in [2.24, 2.45) is 5.92 Å². The van der Waals surface area contributed by atoms with Gasteiger partial charge in [0.25, 0.3) is 5.56 Å². The lowest BCUT2D eigenvalue weighted by Gasteiger charge is -2.47. The average Bonchev–Trinajstić information content (AvgIpc) is 2.70. The minimum atomic E-state index is -4.39. The summed E-state index contributed by atoms with van der Waals surface area (Å²) in [6.45, 7) is 3.89. The number of methoxy groups -OCH3 is 1. The molecule has 0 unspecified atom stereocenters. The summed E-state index contributed by atoms with van der Waals surface area (Å²) in [6.07, 6.45) is -3.27. The lowest BCUT2D eigenvalue weighted by Crippen LogP contribution is -2.57. The third kappa shape index (κ3) is 2.36. The van der Waals surface area contributed by atoms with E-state index in [1.165, 1.54) is 10.9 Å². The lowest BCUT2D eigenvalue weighted by atomic mass is 9.70. The highest BCUT2D eigenvalue weighted by Crippen LogP contribution is 2.51. The van der Waals surface area contributed by atoms with E-state index in [1.807, 2.05) is 13.8 Å². The topological polar surface area (TPSA) is 59.9 Å². The van der Waals surface area contributed by atoms with Crippen LogP contribution in [-0.4, -0.2) is 33.4 Å². The van der Waals surface area contributed by atoms with Crippen molar-refractivity contribution < 1.29 is 17.9 Å². The molecule has 8 heteroatoms. The fourth-order valence-corrected chi connectivity index (χ4v) is 3.30. The van der Waals surface area contributed by atoms with Gasteiger partial charge in [-0.05, 0) is 38.2 Å². The largest absolute Gasteiger partial charge is 0.417 e. The van der Waals surface area contributed by atoms with Gasteiger partial charge in [-0.2, -0.15) is 13.2 Å². The highest BCUT2D eigenvalue weighted by atomic mass is 19.4. The third-order valence-corrected chi connectivity index (χ3v) is 4.88. The van der Waals surface area contributed by atoms with Gasteiger partial charge in [0.2, 0.25) is 0 Å². The molecule has 3 rings (SSSR count). The number of H-pyrrole nitrogens is 1. The number of aryl methyl sites for hydroxylation is 2. The van der Waals surface area contributed by atoms with E-state index < -0.39 is 11.8 Å². The first-order chi connectivity index (χ1) is 10.7. The Labute approximate surface area is 130 Å². The van der Waals surface area contributed by atoms with Gasteiger partial charge < -0.3 is 9.72 Å². The number of hydrogen-bond donors (Lipinski definition) is 1. The molecule has 0 saturated heterocycles. The molecule has 0 spiro atoms. The Morgan fingerprint density at radius 1 is 1.43 bits per heavy atom. The van der Waals surface area contributed by atoms with Crippen LogP contribution in [0, 0.1) is 19.8 Å². The molecule has 0 bridgehead atoms. The number of fused-ring (bicyclic) bond motifs is 1. The molecule has 1 N–H and O–H groups in total. The van der Waals surface area contributed by atoms with Crippen molar-refractivity contribution in [3.8, 4) is 0 Å². The number of nitrogens with zero attached hydrogens (tertiary/aromatic N) is 2. The quantitative estimate of drug-likeness (QED) is 0.942. The summed E-state index contributed by atoms with van der Waals surface area (Å²) in [5.74, 6) is -0.256. The van der Waals surface area contributed by atoms with Gasteiger partial charge in [0.15, 0.2) is 5.60 Å². The van der Waals surface area contributed by atoms with Crippen LogP contribution in [0.15, 0.2) is 11.1 Å². The minimum Gasteiger partial charge on any atom is -0.369 e. The maximum Gasteiger partial charge on any atom is 0.417 e. The Bertz CT molecular complexity index is 801. The van der Waals surface area contributed by atoms with E-state index in [9.17, 15) is 18.0 Å². The van der Waals surface area contributed by atoms with E-state index >= 15 is 0 Å².